The van der Waals surface area contributed by atoms with Crippen LogP contribution in [0.15, 0.2) is 0 Å². The molecule has 3 heteroatoms. The molecule has 2 saturated carbocycles. The fourth-order valence-electron chi connectivity index (χ4n) is 4.86. The van der Waals surface area contributed by atoms with Crippen molar-refractivity contribution in [3.05, 3.63) is 0 Å². The van der Waals surface area contributed by atoms with Gasteiger partial charge in [-0.25, -0.2) is 0 Å². The highest BCUT2D eigenvalue weighted by molar-refractivity contribution is 5.79. The van der Waals surface area contributed by atoms with Gasteiger partial charge in [-0.1, -0.05) is 26.2 Å². The van der Waals surface area contributed by atoms with Gasteiger partial charge in [0.15, 0.2) is 0 Å². The largest absolute Gasteiger partial charge is 0.339 e. The molecule has 0 bridgehead atoms. The van der Waals surface area contributed by atoms with Gasteiger partial charge in [-0.05, 0) is 50.4 Å². The van der Waals surface area contributed by atoms with Crippen LogP contribution in [0.1, 0.15) is 64.7 Å². The molecule has 0 aromatic carbocycles. The fraction of sp³-hybridized carbons (Fsp3) is 0.941. The van der Waals surface area contributed by atoms with Gasteiger partial charge in [0.05, 0.1) is 0 Å². The van der Waals surface area contributed by atoms with Gasteiger partial charge in [-0.2, -0.15) is 0 Å². The molecular formula is C17H30N2O. The summed E-state index contributed by atoms with van der Waals surface area (Å²) in [6.07, 6.45) is 11.1. The van der Waals surface area contributed by atoms with Crippen LogP contribution in [0.4, 0.5) is 0 Å². The summed E-state index contributed by atoms with van der Waals surface area (Å²) in [6, 6.07) is 0.890. The molecule has 1 aliphatic heterocycles. The summed E-state index contributed by atoms with van der Waals surface area (Å²) >= 11 is 0. The van der Waals surface area contributed by atoms with E-state index in [-0.39, 0.29) is 5.92 Å². The van der Waals surface area contributed by atoms with Crippen LogP contribution in [0, 0.1) is 17.8 Å². The van der Waals surface area contributed by atoms with E-state index in [4.69, 9.17) is 5.73 Å². The van der Waals surface area contributed by atoms with E-state index in [2.05, 4.69) is 11.8 Å². The molecule has 20 heavy (non-hydrogen) atoms. The van der Waals surface area contributed by atoms with Crippen LogP contribution in [-0.4, -0.2) is 29.4 Å². The van der Waals surface area contributed by atoms with Crippen molar-refractivity contribution in [1.29, 1.82) is 0 Å². The number of nitrogens with zero attached hydrogens (tertiary/aromatic N) is 1. The Morgan fingerprint density at radius 2 is 1.90 bits per heavy atom. The van der Waals surface area contributed by atoms with E-state index in [1.165, 1.54) is 44.9 Å². The highest BCUT2D eigenvalue weighted by Gasteiger charge is 2.41. The summed E-state index contributed by atoms with van der Waals surface area (Å²) in [7, 11) is 0. The molecule has 2 N–H and O–H groups in total. The van der Waals surface area contributed by atoms with E-state index in [0.717, 1.165) is 25.3 Å². The molecule has 3 fully saturated rings. The van der Waals surface area contributed by atoms with Crippen molar-refractivity contribution in [1.82, 2.24) is 4.90 Å². The lowest BCUT2D eigenvalue weighted by Crippen LogP contribution is -2.44. The summed E-state index contributed by atoms with van der Waals surface area (Å²) in [5.74, 6) is 1.93. The number of carbonyl (C=O) groups is 1. The van der Waals surface area contributed by atoms with Crippen LogP contribution >= 0.6 is 0 Å². The van der Waals surface area contributed by atoms with E-state index >= 15 is 0 Å². The zero-order chi connectivity index (χ0) is 14.1. The summed E-state index contributed by atoms with van der Waals surface area (Å²) in [5, 5.41) is 0. The van der Waals surface area contributed by atoms with E-state index in [0.29, 0.717) is 23.9 Å². The maximum atomic E-state index is 12.9. The molecule has 0 aromatic rings. The highest BCUT2D eigenvalue weighted by atomic mass is 16.2. The van der Waals surface area contributed by atoms with Gasteiger partial charge in [-0.15, -0.1) is 0 Å². The number of carbonyl (C=O) groups excluding carboxylic acids is 1. The minimum atomic E-state index is 0.182. The van der Waals surface area contributed by atoms with Crippen molar-refractivity contribution in [2.45, 2.75) is 76.8 Å². The Morgan fingerprint density at radius 3 is 2.70 bits per heavy atom. The summed E-state index contributed by atoms with van der Waals surface area (Å²) in [4.78, 5) is 15.1. The molecule has 0 spiro atoms. The fourth-order valence-corrected chi connectivity index (χ4v) is 4.86. The molecule has 1 heterocycles. The number of fused-ring (bicyclic) bond motifs is 1. The number of hydrogen-bond donors (Lipinski definition) is 1. The lowest BCUT2D eigenvalue weighted by atomic mass is 9.78. The second-order valence-electron chi connectivity index (χ2n) is 7.41. The van der Waals surface area contributed by atoms with Gasteiger partial charge >= 0.3 is 0 Å². The molecule has 1 amide bonds. The van der Waals surface area contributed by atoms with Crippen molar-refractivity contribution in [2.24, 2.45) is 23.5 Å². The zero-order valence-electron chi connectivity index (χ0n) is 12.9. The van der Waals surface area contributed by atoms with Gasteiger partial charge in [0.2, 0.25) is 5.91 Å². The number of amides is 1. The molecule has 5 atom stereocenters. The summed E-state index contributed by atoms with van der Waals surface area (Å²) in [6.45, 7) is 3.17. The second kappa shape index (κ2) is 6.05. The van der Waals surface area contributed by atoms with Gasteiger partial charge in [0, 0.05) is 24.5 Å². The van der Waals surface area contributed by atoms with Crippen molar-refractivity contribution < 1.29 is 4.79 Å². The average molecular weight is 278 g/mol. The smallest absolute Gasteiger partial charge is 0.225 e. The number of nitrogens with two attached hydrogens (primary N) is 1. The van der Waals surface area contributed by atoms with E-state index < -0.39 is 0 Å². The minimum absolute atomic E-state index is 0.182. The third-order valence-corrected chi connectivity index (χ3v) is 6.15. The summed E-state index contributed by atoms with van der Waals surface area (Å²) in [5.41, 5.74) is 6.10. The van der Waals surface area contributed by atoms with Gasteiger partial charge < -0.3 is 10.6 Å². The summed E-state index contributed by atoms with van der Waals surface area (Å²) < 4.78 is 0. The zero-order valence-corrected chi connectivity index (χ0v) is 12.9. The first-order valence-electron chi connectivity index (χ1n) is 8.73. The van der Waals surface area contributed by atoms with Crippen molar-refractivity contribution in [2.75, 3.05) is 6.54 Å². The monoisotopic (exact) mass is 278 g/mol. The van der Waals surface area contributed by atoms with E-state index in [9.17, 15) is 4.79 Å². The lowest BCUT2D eigenvalue weighted by Gasteiger charge is -2.36. The molecule has 0 radical (unpaired) electrons. The Hall–Kier alpha value is -0.570. The molecule has 2 aliphatic carbocycles. The number of likely N-dealkylation sites (tertiary alicyclic amines) is 1. The SMILES string of the molecule is CC(C(=O)N1CCC2CCCCC21)C1CCCC(N)C1. The topological polar surface area (TPSA) is 46.3 Å². The molecule has 114 valence electrons. The highest BCUT2D eigenvalue weighted by Crippen LogP contribution is 2.38. The molecule has 1 saturated heterocycles. The second-order valence-corrected chi connectivity index (χ2v) is 7.41. The lowest BCUT2D eigenvalue weighted by molar-refractivity contribution is -0.138. The average Bonchev–Trinajstić information content (AvgIpc) is 2.89. The number of hydrogen-bond acceptors (Lipinski definition) is 2. The Labute approximate surface area is 123 Å². The molecular weight excluding hydrogens is 248 g/mol. The maximum Gasteiger partial charge on any atom is 0.225 e. The first kappa shape index (κ1) is 14.4. The van der Waals surface area contributed by atoms with Crippen LogP contribution in [0.25, 0.3) is 0 Å². The Morgan fingerprint density at radius 1 is 1.10 bits per heavy atom. The first-order chi connectivity index (χ1) is 9.66. The van der Waals surface area contributed by atoms with Crippen molar-refractivity contribution >= 4 is 5.91 Å². The standard InChI is InChI=1S/C17H30N2O/c1-12(14-6-4-7-15(18)11-14)17(20)19-10-9-13-5-2-3-8-16(13)19/h12-16H,2-11,18H2,1H3. The predicted octanol–water partition coefficient (Wildman–Crippen LogP) is 2.93. The van der Waals surface area contributed by atoms with Gasteiger partial charge in [0.25, 0.3) is 0 Å². The molecule has 3 rings (SSSR count). The Bertz CT molecular complexity index is 357. The quantitative estimate of drug-likeness (QED) is 0.844. The van der Waals surface area contributed by atoms with Gasteiger partial charge in [0.1, 0.15) is 0 Å². The normalized spacial score (nSPS) is 39.4. The van der Waals surface area contributed by atoms with Crippen LogP contribution < -0.4 is 5.73 Å². The van der Waals surface area contributed by atoms with Gasteiger partial charge in [-0.3, -0.25) is 4.79 Å². The van der Waals surface area contributed by atoms with Crippen LogP contribution in [0.5, 0.6) is 0 Å². The number of rotatable bonds is 2. The van der Waals surface area contributed by atoms with E-state index in [1.807, 2.05) is 0 Å². The van der Waals surface area contributed by atoms with E-state index in [1.54, 1.807) is 0 Å². The third kappa shape index (κ3) is 2.74. The van der Waals surface area contributed by atoms with Crippen molar-refractivity contribution in [3.8, 4) is 0 Å². The van der Waals surface area contributed by atoms with Crippen LogP contribution in [0.2, 0.25) is 0 Å². The third-order valence-electron chi connectivity index (χ3n) is 6.15. The molecule has 3 nitrogen and oxygen atoms in total. The van der Waals surface area contributed by atoms with Crippen molar-refractivity contribution in [3.63, 3.8) is 0 Å². The molecule has 3 aliphatic rings. The maximum absolute atomic E-state index is 12.9. The van der Waals surface area contributed by atoms with Crippen LogP contribution in [0.3, 0.4) is 0 Å². The molecule has 0 aromatic heterocycles. The minimum Gasteiger partial charge on any atom is -0.339 e. The first-order valence-corrected chi connectivity index (χ1v) is 8.73. The van der Waals surface area contributed by atoms with Crippen LogP contribution in [-0.2, 0) is 4.79 Å². The predicted molar refractivity (Wildman–Crippen MR) is 81.2 cm³/mol. The Kier molecular flexibility index (Phi) is 4.34. The molecule has 5 unspecified atom stereocenters. The Balaban J connectivity index is 1.63.